The number of ketones is 1. The summed E-state index contributed by atoms with van der Waals surface area (Å²) in [5, 5.41) is 8.75. The molecule has 72 valence electrons. The maximum Gasteiger partial charge on any atom is 0.174 e. The Morgan fingerprint density at radius 1 is 1.64 bits per heavy atom. The summed E-state index contributed by atoms with van der Waals surface area (Å²) < 4.78 is 12.9. The zero-order valence-electron chi connectivity index (χ0n) is 7.05. The van der Waals surface area contributed by atoms with Crippen molar-refractivity contribution in [2.45, 2.75) is 0 Å². The summed E-state index contributed by atoms with van der Waals surface area (Å²) in [7, 11) is 0. The molecule has 1 aromatic carbocycles. The van der Waals surface area contributed by atoms with E-state index in [2.05, 4.69) is 15.9 Å². The first-order chi connectivity index (χ1) is 6.60. The summed E-state index contributed by atoms with van der Waals surface area (Å²) in [6, 6.07) is 3.80. The summed E-state index contributed by atoms with van der Waals surface area (Å²) in [6.07, 6.45) is 0. The van der Waals surface area contributed by atoms with Crippen LogP contribution in [0.15, 0.2) is 12.1 Å². The van der Waals surface area contributed by atoms with E-state index in [0.717, 1.165) is 12.1 Å². The van der Waals surface area contributed by atoms with Crippen molar-refractivity contribution in [2.75, 3.05) is 11.1 Å². The number of nitrogens with two attached hydrogens (primary N) is 1. The van der Waals surface area contributed by atoms with Gasteiger partial charge in [-0.15, -0.1) is 0 Å². The number of rotatable bonds is 2. The first-order valence-electron chi connectivity index (χ1n) is 3.68. The molecule has 0 fully saturated rings. The lowest BCUT2D eigenvalue weighted by atomic mass is 10.0. The van der Waals surface area contributed by atoms with Gasteiger partial charge in [0.1, 0.15) is 11.9 Å². The van der Waals surface area contributed by atoms with Crippen LogP contribution in [0.25, 0.3) is 0 Å². The second kappa shape index (κ2) is 4.20. The number of hydrogen-bond donors (Lipinski definition) is 1. The third-order valence-corrected chi connectivity index (χ3v) is 2.18. The van der Waals surface area contributed by atoms with E-state index >= 15 is 0 Å². The topological polar surface area (TPSA) is 66.9 Å². The molecule has 0 spiro atoms. The Morgan fingerprint density at radius 2 is 2.29 bits per heavy atom. The maximum atomic E-state index is 12.9. The van der Waals surface area contributed by atoms with Crippen molar-refractivity contribution in [2.24, 2.45) is 0 Å². The minimum atomic E-state index is -0.620. The van der Waals surface area contributed by atoms with Crippen LogP contribution in [0.4, 0.5) is 10.1 Å². The third kappa shape index (κ3) is 1.91. The minimum Gasteiger partial charge on any atom is -0.398 e. The average molecular weight is 257 g/mol. The molecule has 0 heterocycles. The van der Waals surface area contributed by atoms with Crippen molar-refractivity contribution in [3.8, 4) is 6.07 Å². The van der Waals surface area contributed by atoms with Crippen LogP contribution in [0, 0.1) is 17.1 Å². The Kier molecular flexibility index (Phi) is 3.20. The van der Waals surface area contributed by atoms with Crippen LogP contribution in [0.1, 0.15) is 15.9 Å². The molecule has 0 radical (unpaired) electrons. The van der Waals surface area contributed by atoms with Gasteiger partial charge >= 0.3 is 0 Å². The number of benzene rings is 1. The van der Waals surface area contributed by atoms with Gasteiger partial charge in [0.15, 0.2) is 5.78 Å². The van der Waals surface area contributed by atoms with Crippen LogP contribution >= 0.6 is 15.9 Å². The second-order valence-electron chi connectivity index (χ2n) is 2.59. The van der Waals surface area contributed by atoms with E-state index in [1.54, 1.807) is 6.07 Å². The molecule has 5 heteroatoms. The van der Waals surface area contributed by atoms with Crippen LogP contribution in [-0.2, 0) is 0 Å². The zero-order valence-corrected chi connectivity index (χ0v) is 8.64. The van der Waals surface area contributed by atoms with E-state index in [1.807, 2.05) is 0 Å². The second-order valence-corrected chi connectivity index (χ2v) is 3.15. The number of anilines is 1. The van der Waals surface area contributed by atoms with Gasteiger partial charge < -0.3 is 5.73 Å². The third-order valence-electron chi connectivity index (χ3n) is 1.67. The summed E-state index contributed by atoms with van der Waals surface area (Å²) in [5.74, 6) is -0.987. The highest BCUT2D eigenvalue weighted by atomic mass is 79.9. The molecule has 0 saturated heterocycles. The van der Waals surface area contributed by atoms with E-state index < -0.39 is 5.82 Å². The number of carbonyl (C=O) groups excluding carboxylic acids is 1. The Labute approximate surface area is 88.5 Å². The fourth-order valence-electron chi connectivity index (χ4n) is 1.04. The van der Waals surface area contributed by atoms with Crippen LogP contribution in [0.3, 0.4) is 0 Å². The molecule has 1 rings (SSSR count). The van der Waals surface area contributed by atoms with Crippen molar-refractivity contribution < 1.29 is 9.18 Å². The lowest BCUT2D eigenvalue weighted by molar-refractivity contribution is 0.102. The molecule has 1 aromatic rings. The average Bonchev–Trinajstić information content (AvgIpc) is 2.15. The van der Waals surface area contributed by atoms with E-state index in [4.69, 9.17) is 11.0 Å². The monoisotopic (exact) mass is 256 g/mol. The number of alkyl halides is 1. The van der Waals surface area contributed by atoms with Gasteiger partial charge in [-0.05, 0) is 12.1 Å². The Bertz CT molecular complexity index is 426. The Morgan fingerprint density at radius 3 is 2.79 bits per heavy atom. The van der Waals surface area contributed by atoms with Crippen LogP contribution in [0.2, 0.25) is 0 Å². The predicted octanol–water partition coefficient (Wildman–Crippen LogP) is 1.86. The number of nitriles is 1. The van der Waals surface area contributed by atoms with Crippen molar-refractivity contribution in [3.05, 3.63) is 29.1 Å². The summed E-state index contributed by atoms with van der Waals surface area (Å²) in [5.41, 5.74) is 5.42. The van der Waals surface area contributed by atoms with Crippen LogP contribution < -0.4 is 5.73 Å². The van der Waals surface area contributed by atoms with Gasteiger partial charge in [0, 0.05) is 5.56 Å². The van der Waals surface area contributed by atoms with Crippen molar-refractivity contribution in [1.29, 1.82) is 5.26 Å². The molecule has 0 unspecified atom stereocenters. The smallest absolute Gasteiger partial charge is 0.174 e. The SMILES string of the molecule is N#Cc1c(N)cc(F)cc1C(=O)CBr. The highest BCUT2D eigenvalue weighted by Gasteiger charge is 2.14. The van der Waals surface area contributed by atoms with E-state index in [1.165, 1.54) is 0 Å². The molecule has 0 saturated carbocycles. The fourth-order valence-corrected chi connectivity index (χ4v) is 1.35. The van der Waals surface area contributed by atoms with Gasteiger partial charge in [0.05, 0.1) is 16.6 Å². The van der Waals surface area contributed by atoms with Gasteiger partial charge in [0.2, 0.25) is 0 Å². The van der Waals surface area contributed by atoms with Gasteiger partial charge in [0.25, 0.3) is 0 Å². The summed E-state index contributed by atoms with van der Waals surface area (Å²) >= 11 is 2.94. The Balaban J connectivity index is 3.41. The lowest BCUT2D eigenvalue weighted by Gasteiger charge is -2.03. The largest absolute Gasteiger partial charge is 0.398 e. The normalized spacial score (nSPS) is 9.50. The minimum absolute atomic E-state index is 0.0156. The molecule has 0 amide bonds. The van der Waals surface area contributed by atoms with Crippen molar-refractivity contribution in [1.82, 2.24) is 0 Å². The first kappa shape index (κ1) is 10.7. The molecule has 0 aliphatic rings. The van der Waals surface area contributed by atoms with Crippen LogP contribution in [0.5, 0.6) is 0 Å². The highest BCUT2D eigenvalue weighted by Crippen LogP contribution is 2.19. The van der Waals surface area contributed by atoms with Gasteiger partial charge in [-0.2, -0.15) is 5.26 Å². The molecular weight excluding hydrogens is 251 g/mol. The zero-order chi connectivity index (χ0) is 10.7. The molecule has 3 nitrogen and oxygen atoms in total. The van der Waals surface area contributed by atoms with Gasteiger partial charge in [-0.25, -0.2) is 4.39 Å². The quantitative estimate of drug-likeness (QED) is 0.499. The highest BCUT2D eigenvalue weighted by molar-refractivity contribution is 9.09. The number of Topliss-reactive ketones (excluding diaryl/α,β-unsaturated/α-hetero) is 1. The van der Waals surface area contributed by atoms with E-state index in [-0.39, 0.29) is 27.9 Å². The number of nitrogen functional groups attached to an aromatic ring is 1. The maximum absolute atomic E-state index is 12.9. The Hall–Kier alpha value is -1.41. The van der Waals surface area contributed by atoms with E-state index in [9.17, 15) is 9.18 Å². The van der Waals surface area contributed by atoms with Gasteiger partial charge in [-0.3, -0.25) is 4.79 Å². The summed E-state index contributed by atoms with van der Waals surface area (Å²) in [6.45, 7) is 0. The fraction of sp³-hybridized carbons (Fsp3) is 0.111. The molecule has 14 heavy (non-hydrogen) atoms. The molecule has 0 aliphatic heterocycles. The van der Waals surface area contributed by atoms with Crippen molar-refractivity contribution in [3.63, 3.8) is 0 Å². The molecule has 2 N–H and O–H groups in total. The molecule has 0 atom stereocenters. The standard InChI is InChI=1S/C9H6BrFN2O/c10-3-9(14)6-1-5(11)2-8(13)7(6)4-12/h1-2H,3,13H2. The molecule has 0 aromatic heterocycles. The lowest BCUT2D eigenvalue weighted by Crippen LogP contribution is -2.06. The summed E-state index contributed by atoms with van der Waals surface area (Å²) in [4.78, 5) is 11.3. The first-order valence-corrected chi connectivity index (χ1v) is 4.80. The predicted molar refractivity (Wildman–Crippen MR) is 53.7 cm³/mol. The number of halogens is 2. The molecular formula is C9H6BrFN2O. The van der Waals surface area contributed by atoms with E-state index in [0.29, 0.717) is 0 Å². The molecule has 0 bridgehead atoms. The molecule has 0 aliphatic carbocycles. The van der Waals surface area contributed by atoms with Crippen LogP contribution in [-0.4, -0.2) is 11.1 Å². The van der Waals surface area contributed by atoms with Crippen molar-refractivity contribution >= 4 is 27.4 Å². The number of hydrogen-bond acceptors (Lipinski definition) is 3. The number of nitrogens with zero attached hydrogens (tertiary/aromatic N) is 1. The van der Waals surface area contributed by atoms with Gasteiger partial charge in [-0.1, -0.05) is 15.9 Å². The number of carbonyl (C=O) groups is 1.